The van der Waals surface area contributed by atoms with Crippen LogP contribution in [0.4, 0.5) is 0 Å². The monoisotopic (exact) mass is 211 g/mol. The molecule has 1 amide bonds. The van der Waals surface area contributed by atoms with Gasteiger partial charge in [0.05, 0.1) is 18.8 Å². The van der Waals surface area contributed by atoms with Gasteiger partial charge in [-0.15, -0.1) is 0 Å². The number of amides is 1. The van der Waals surface area contributed by atoms with Gasteiger partial charge >= 0.3 is 0 Å². The zero-order chi connectivity index (χ0) is 10.7. The number of nitrogens with zero attached hydrogens (tertiary/aromatic N) is 1. The van der Waals surface area contributed by atoms with E-state index in [-0.39, 0.29) is 0 Å². The molecule has 0 unspecified atom stereocenters. The molecule has 0 aromatic carbocycles. The number of morpholine rings is 1. The summed E-state index contributed by atoms with van der Waals surface area (Å²) in [4.78, 5) is 14.0. The van der Waals surface area contributed by atoms with Gasteiger partial charge in [-0.1, -0.05) is 19.8 Å². The normalized spacial score (nSPS) is 31.1. The van der Waals surface area contributed by atoms with Crippen molar-refractivity contribution in [1.29, 1.82) is 0 Å². The molecule has 1 saturated carbocycles. The van der Waals surface area contributed by atoms with Gasteiger partial charge in [-0.05, 0) is 19.3 Å². The molecule has 86 valence electrons. The zero-order valence-electron chi connectivity index (χ0n) is 9.58. The lowest BCUT2D eigenvalue weighted by Gasteiger charge is -2.43. The Labute approximate surface area is 91.8 Å². The minimum Gasteiger partial charge on any atom is -0.374 e. The highest BCUT2D eigenvalue weighted by Crippen LogP contribution is 2.28. The highest BCUT2D eigenvalue weighted by molar-refractivity contribution is 5.76. The predicted octanol–water partition coefficient (Wildman–Crippen LogP) is 1.96. The molecule has 2 fully saturated rings. The first-order valence-corrected chi connectivity index (χ1v) is 6.24. The van der Waals surface area contributed by atoms with Gasteiger partial charge in [0.2, 0.25) is 5.91 Å². The Morgan fingerprint density at radius 2 is 2.20 bits per heavy atom. The van der Waals surface area contributed by atoms with Crippen LogP contribution in [0.1, 0.15) is 45.4 Å². The van der Waals surface area contributed by atoms with Crippen LogP contribution in [-0.4, -0.2) is 36.1 Å². The second-order valence-electron chi connectivity index (χ2n) is 4.60. The van der Waals surface area contributed by atoms with E-state index in [0.717, 1.165) is 32.4 Å². The Morgan fingerprint density at radius 3 is 3.00 bits per heavy atom. The van der Waals surface area contributed by atoms with E-state index in [9.17, 15) is 4.79 Å². The molecule has 0 aromatic heterocycles. The third-order valence-electron chi connectivity index (χ3n) is 3.52. The molecule has 2 aliphatic rings. The lowest BCUT2D eigenvalue weighted by molar-refractivity contribution is -0.149. The van der Waals surface area contributed by atoms with Crippen molar-refractivity contribution in [3.05, 3.63) is 0 Å². The number of hydrogen-bond donors (Lipinski definition) is 0. The molecule has 0 aromatic rings. The quantitative estimate of drug-likeness (QED) is 0.698. The van der Waals surface area contributed by atoms with E-state index in [2.05, 4.69) is 11.8 Å². The summed E-state index contributed by atoms with van der Waals surface area (Å²) < 4.78 is 5.75. The molecule has 2 atom stereocenters. The highest BCUT2D eigenvalue weighted by atomic mass is 16.5. The number of rotatable bonds is 2. The van der Waals surface area contributed by atoms with E-state index in [1.165, 1.54) is 12.8 Å². The first kappa shape index (κ1) is 10.9. The van der Waals surface area contributed by atoms with E-state index in [1.807, 2.05) is 0 Å². The zero-order valence-corrected chi connectivity index (χ0v) is 9.58. The number of fused-ring (bicyclic) bond motifs is 1. The van der Waals surface area contributed by atoms with Gasteiger partial charge in [0.15, 0.2) is 0 Å². The molecule has 1 saturated heterocycles. The maximum absolute atomic E-state index is 11.9. The third-order valence-corrected chi connectivity index (χ3v) is 3.52. The summed E-state index contributed by atoms with van der Waals surface area (Å²) in [6.07, 6.45) is 6.77. The van der Waals surface area contributed by atoms with Crippen molar-refractivity contribution in [2.75, 3.05) is 13.2 Å². The molecular weight excluding hydrogens is 190 g/mol. The van der Waals surface area contributed by atoms with Crippen molar-refractivity contribution in [3.63, 3.8) is 0 Å². The molecule has 1 aliphatic heterocycles. The molecule has 0 spiro atoms. The summed E-state index contributed by atoms with van der Waals surface area (Å²) >= 11 is 0. The summed E-state index contributed by atoms with van der Waals surface area (Å²) in [5.74, 6) is 0.331. The average Bonchev–Trinajstić information content (AvgIpc) is 2.28. The summed E-state index contributed by atoms with van der Waals surface area (Å²) in [6, 6.07) is 0.381. The van der Waals surface area contributed by atoms with Crippen LogP contribution in [0.15, 0.2) is 0 Å². The Kier molecular flexibility index (Phi) is 3.62. The smallest absolute Gasteiger partial charge is 0.222 e. The Hall–Kier alpha value is -0.570. The van der Waals surface area contributed by atoms with E-state index in [4.69, 9.17) is 4.74 Å². The van der Waals surface area contributed by atoms with Gasteiger partial charge in [-0.2, -0.15) is 0 Å². The van der Waals surface area contributed by atoms with Crippen molar-refractivity contribution in [3.8, 4) is 0 Å². The van der Waals surface area contributed by atoms with Crippen LogP contribution in [0.2, 0.25) is 0 Å². The SMILES string of the molecule is CCCC(=O)N1CCO[C@H]2CCCC[C@H]21. The van der Waals surface area contributed by atoms with Crippen LogP contribution in [0.5, 0.6) is 0 Å². The first-order chi connectivity index (χ1) is 7.33. The largest absolute Gasteiger partial charge is 0.374 e. The highest BCUT2D eigenvalue weighted by Gasteiger charge is 2.35. The first-order valence-electron chi connectivity index (χ1n) is 6.24. The standard InChI is InChI=1S/C12H21NO2/c1-2-5-12(14)13-8-9-15-11-7-4-3-6-10(11)13/h10-11H,2-9H2,1H3/t10-,11+/m1/s1. The van der Waals surface area contributed by atoms with E-state index < -0.39 is 0 Å². The van der Waals surface area contributed by atoms with Crippen LogP contribution in [0.3, 0.4) is 0 Å². The molecule has 1 aliphatic carbocycles. The van der Waals surface area contributed by atoms with Crippen molar-refractivity contribution in [1.82, 2.24) is 4.90 Å². The maximum Gasteiger partial charge on any atom is 0.222 e. The fraction of sp³-hybridized carbons (Fsp3) is 0.917. The van der Waals surface area contributed by atoms with Gasteiger partial charge in [0.1, 0.15) is 0 Å². The van der Waals surface area contributed by atoms with Crippen molar-refractivity contribution in [2.45, 2.75) is 57.6 Å². The molecule has 15 heavy (non-hydrogen) atoms. The van der Waals surface area contributed by atoms with Crippen LogP contribution in [-0.2, 0) is 9.53 Å². The summed E-state index contributed by atoms with van der Waals surface area (Å²) in [5, 5.41) is 0. The van der Waals surface area contributed by atoms with Crippen LogP contribution in [0.25, 0.3) is 0 Å². The van der Waals surface area contributed by atoms with Gasteiger partial charge in [0, 0.05) is 13.0 Å². The molecule has 1 heterocycles. The Bertz CT molecular complexity index is 228. The second-order valence-corrected chi connectivity index (χ2v) is 4.60. The molecule has 3 nitrogen and oxygen atoms in total. The van der Waals surface area contributed by atoms with Gasteiger partial charge in [0.25, 0.3) is 0 Å². The van der Waals surface area contributed by atoms with Crippen LogP contribution >= 0.6 is 0 Å². The van der Waals surface area contributed by atoms with Gasteiger partial charge in [-0.25, -0.2) is 0 Å². The van der Waals surface area contributed by atoms with Crippen molar-refractivity contribution < 1.29 is 9.53 Å². The van der Waals surface area contributed by atoms with Crippen LogP contribution < -0.4 is 0 Å². The summed E-state index contributed by atoms with van der Waals surface area (Å²) in [6.45, 7) is 3.60. The van der Waals surface area contributed by atoms with Gasteiger partial charge < -0.3 is 9.64 Å². The van der Waals surface area contributed by atoms with E-state index in [0.29, 0.717) is 24.5 Å². The molecule has 0 N–H and O–H groups in total. The molecular formula is C12H21NO2. The Morgan fingerprint density at radius 1 is 1.40 bits per heavy atom. The van der Waals surface area contributed by atoms with Crippen LogP contribution in [0, 0.1) is 0 Å². The number of ether oxygens (including phenoxy) is 1. The van der Waals surface area contributed by atoms with E-state index in [1.54, 1.807) is 0 Å². The molecule has 2 rings (SSSR count). The number of hydrogen-bond acceptors (Lipinski definition) is 2. The minimum atomic E-state index is 0.327. The van der Waals surface area contributed by atoms with Crippen molar-refractivity contribution >= 4 is 5.91 Å². The maximum atomic E-state index is 11.9. The van der Waals surface area contributed by atoms with E-state index >= 15 is 0 Å². The lowest BCUT2D eigenvalue weighted by atomic mass is 9.90. The average molecular weight is 211 g/mol. The third kappa shape index (κ3) is 2.33. The summed E-state index contributed by atoms with van der Waals surface area (Å²) in [7, 11) is 0. The number of carbonyl (C=O) groups is 1. The Balaban J connectivity index is 2.00. The molecule has 0 radical (unpaired) electrons. The summed E-state index contributed by atoms with van der Waals surface area (Å²) in [5.41, 5.74) is 0. The second kappa shape index (κ2) is 4.97. The molecule has 0 bridgehead atoms. The molecule has 3 heteroatoms. The minimum absolute atomic E-state index is 0.327. The number of carbonyl (C=O) groups excluding carboxylic acids is 1. The van der Waals surface area contributed by atoms with Crippen molar-refractivity contribution in [2.24, 2.45) is 0 Å². The van der Waals surface area contributed by atoms with Gasteiger partial charge in [-0.3, -0.25) is 4.79 Å². The fourth-order valence-electron chi connectivity index (χ4n) is 2.76. The predicted molar refractivity (Wildman–Crippen MR) is 58.6 cm³/mol. The fourth-order valence-corrected chi connectivity index (χ4v) is 2.76. The topological polar surface area (TPSA) is 29.5 Å². The lowest BCUT2D eigenvalue weighted by Crippen LogP contribution is -2.54.